The lowest BCUT2D eigenvalue weighted by Gasteiger charge is -2.28. The number of rotatable bonds is 9. The second-order valence-corrected chi connectivity index (χ2v) is 9.49. The van der Waals surface area contributed by atoms with E-state index in [0.717, 1.165) is 15.8 Å². The summed E-state index contributed by atoms with van der Waals surface area (Å²) >= 11 is 2.66. The van der Waals surface area contributed by atoms with Gasteiger partial charge >= 0.3 is 0 Å². The van der Waals surface area contributed by atoms with Gasteiger partial charge in [-0.2, -0.15) is 0 Å². The predicted octanol–water partition coefficient (Wildman–Crippen LogP) is 7.51. The van der Waals surface area contributed by atoms with Crippen LogP contribution in [0.4, 0.5) is 0 Å². The molecule has 0 bridgehead atoms. The van der Waals surface area contributed by atoms with Gasteiger partial charge in [-0.1, -0.05) is 104 Å². The van der Waals surface area contributed by atoms with Crippen molar-refractivity contribution in [3.8, 4) is 0 Å². The Morgan fingerprint density at radius 1 is 0.957 bits per heavy atom. The van der Waals surface area contributed by atoms with E-state index in [2.05, 4.69) is 60.7 Å². The van der Waals surface area contributed by atoms with Crippen LogP contribution in [0.5, 0.6) is 0 Å². The van der Waals surface area contributed by atoms with Gasteiger partial charge in [0.25, 0.3) is 0 Å². The molecule has 0 heterocycles. The zero-order valence-corrected chi connectivity index (χ0v) is 17.4. The number of hydrogen-bond acceptors (Lipinski definition) is 0. The Balaban J connectivity index is 1.57. The van der Waals surface area contributed by atoms with Crippen LogP contribution in [0.1, 0.15) is 82.3 Å². The first-order valence-electron chi connectivity index (χ1n) is 9.87. The van der Waals surface area contributed by atoms with Crippen LogP contribution < -0.4 is 0 Å². The van der Waals surface area contributed by atoms with Crippen LogP contribution >= 0.6 is 22.6 Å². The predicted molar refractivity (Wildman–Crippen MR) is 112 cm³/mol. The van der Waals surface area contributed by atoms with Gasteiger partial charge < -0.3 is 0 Å². The van der Waals surface area contributed by atoms with Gasteiger partial charge in [0, 0.05) is 3.92 Å². The topological polar surface area (TPSA) is 0 Å². The van der Waals surface area contributed by atoms with Gasteiger partial charge in [0.05, 0.1) is 0 Å². The van der Waals surface area contributed by atoms with Gasteiger partial charge in [0.1, 0.15) is 0 Å². The SMILES string of the molecule is CCCC(I)CCCC1CCC(CCc2ccc(C)cc2)CC1. The van der Waals surface area contributed by atoms with Crippen LogP contribution in [0, 0.1) is 18.8 Å². The van der Waals surface area contributed by atoms with Crippen molar-refractivity contribution in [3.05, 3.63) is 35.4 Å². The van der Waals surface area contributed by atoms with Crippen molar-refractivity contribution in [1.29, 1.82) is 0 Å². The Morgan fingerprint density at radius 3 is 2.17 bits per heavy atom. The van der Waals surface area contributed by atoms with Crippen molar-refractivity contribution >= 4 is 22.6 Å². The molecule has 130 valence electrons. The van der Waals surface area contributed by atoms with Crippen molar-refractivity contribution in [3.63, 3.8) is 0 Å². The van der Waals surface area contributed by atoms with E-state index in [1.165, 1.54) is 81.8 Å². The molecule has 1 saturated carbocycles. The second-order valence-electron chi connectivity index (χ2n) is 7.73. The van der Waals surface area contributed by atoms with Crippen LogP contribution in [0.25, 0.3) is 0 Å². The minimum absolute atomic E-state index is 0.920. The zero-order chi connectivity index (χ0) is 16.5. The van der Waals surface area contributed by atoms with E-state index in [0.29, 0.717) is 0 Å². The van der Waals surface area contributed by atoms with Crippen LogP contribution in [0.2, 0.25) is 0 Å². The lowest BCUT2D eigenvalue weighted by molar-refractivity contribution is 0.249. The van der Waals surface area contributed by atoms with E-state index in [9.17, 15) is 0 Å². The standard InChI is InChI=1S/C22H35I/c1-3-5-22(23)7-4-6-19-12-14-21(15-13-19)17-16-20-10-8-18(2)9-11-20/h8-11,19,21-22H,3-7,12-17H2,1-2H3. The summed E-state index contributed by atoms with van der Waals surface area (Å²) in [6, 6.07) is 9.14. The van der Waals surface area contributed by atoms with Crippen molar-refractivity contribution in [1.82, 2.24) is 0 Å². The fourth-order valence-electron chi connectivity index (χ4n) is 4.02. The molecular weight excluding hydrogens is 391 g/mol. The molecular formula is C22H35I. The number of halogens is 1. The monoisotopic (exact) mass is 426 g/mol. The Morgan fingerprint density at radius 2 is 1.57 bits per heavy atom. The summed E-state index contributed by atoms with van der Waals surface area (Å²) in [7, 11) is 0. The summed E-state index contributed by atoms with van der Waals surface area (Å²) < 4.78 is 0.920. The summed E-state index contributed by atoms with van der Waals surface area (Å²) in [6.07, 6.45) is 15.8. The third-order valence-corrected chi connectivity index (χ3v) is 6.91. The first-order chi connectivity index (χ1) is 11.2. The van der Waals surface area contributed by atoms with Crippen LogP contribution in [0.3, 0.4) is 0 Å². The molecule has 0 aliphatic heterocycles. The average molecular weight is 426 g/mol. The van der Waals surface area contributed by atoms with Gasteiger partial charge in [-0.15, -0.1) is 0 Å². The van der Waals surface area contributed by atoms with Crippen LogP contribution in [0.15, 0.2) is 24.3 Å². The normalized spacial score (nSPS) is 22.9. The molecule has 1 aromatic carbocycles. The van der Waals surface area contributed by atoms with Crippen LogP contribution in [-0.4, -0.2) is 3.92 Å². The number of hydrogen-bond donors (Lipinski definition) is 0. The summed E-state index contributed by atoms with van der Waals surface area (Å²) in [5.74, 6) is 2.03. The van der Waals surface area contributed by atoms with Crippen molar-refractivity contribution in [2.24, 2.45) is 11.8 Å². The molecule has 1 aromatic rings. The van der Waals surface area contributed by atoms with Gasteiger partial charge in [-0.3, -0.25) is 0 Å². The zero-order valence-electron chi connectivity index (χ0n) is 15.2. The van der Waals surface area contributed by atoms with Crippen molar-refractivity contribution < 1.29 is 0 Å². The van der Waals surface area contributed by atoms with Gasteiger partial charge in [-0.05, 0) is 50.0 Å². The van der Waals surface area contributed by atoms with Crippen molar-refractivity contribution in [2.75, 3.05) is 0 Å². The third-order valence-electron chi connectivity index (χ3n) is 5.66. The fraction of sp³-hybridized carbons (Fsp3) is 0.727. The molecule has 23 heavy (non-hydrogen) atoms. The van der Waals surface area contributed by atoms with Gasteiger partial charge in [-0.25, -0.2) is 0 Å². The molecule has 0 nitrogen and oxygen atoms in total. The molecule has 1 aliphatic rings. The summed E-state index contributed by atoms with van der Waals surface area (Å²) in [6.45, 7) is 4.48. The molecule has 0 spiro atoms. The van der Waals surface area contributed by atoms with Gasteiger partial charge in [0.2, 0.25) is 0 Å². The fourth-order valence-corrected chi connectivity index (χ4v) is 5.08. The Bertz CT molecular complexity index is 414. The first-order valence-corrected chi connectivity index (χ1v) is 11.1. The molecule has 0 N–H and O–H groups in total. The molecule has 0 aromatic heterocycles. The summed E-state index contributed by atoms with van der Waals surface area (Å²) in [5.41, 5.74) is 2.91. The smallest absolute Gasteiger partial charge is 0.0109 e. The largest absolute Gasteiger partial charge is 0.0826 e. The van der Waals surface area contributed by atoms with Crippen molar-refractivity contribution in [2.45, 2.75) is 88.4 Å². The molecule has 0 saturated heterocycles. The van der Waals surface area contributed by atoms with Gasteiger partial charge in [0.15, 0.2) is 0 Å². The van der Waals surface area contributed by atoms with Crippen LogP contribution in [-0.2, 0) is 6.42 Å². The lowest BCUT2D eigenvalue weighted by atomic mass is 9.77. The maximum atomic E-state index is 2.66. The third kappa shape index (κ3) is 7.58. The number of alkyl halides is 1. The second kappa shape index (κ2) is 10.7. The summed E-state index contributed by atoms with van der Waals surface area (Å²) in [5, 5.41) is 0. The van der Waals surface area contributed by atoms with E-state index < -0.39 is 0 Å². The van der Waals surface area contributed by atoms with E-state index in [-0.39, 0.29) is 0 Å². The number of benzene rings is 1. The highest BCUT2D eigenvalue weighted by Gasteiger charge is 2.20. The first kappa shape index (κ1) is 19.3. The van der Waals surface area contributed by atoms with E-state index in [1.807, 2.05) is 0 Å². The summed E-state index contributed by atoms with van der Waals surface area (Å²) in [4.78, 5) is 0. The minimum atomic E-state index is 0.920. The minimum Gasteiger partial charge on any atom is -0.0826 e. The molecule has 1 atom stereocenters. The Labute approximate surface area is 158 Å². The molecule has 2 rings (SSSR count). The lowest BCUT2D eigenvalue weighted by Crippen LogP contribution is -2.15. The Hall–Kier alpha value is -0.0500. The maximum Gasteiger partial charge on any atom is 0.0109 e. The van der Waals surface area contributed by atoms with E-state index in [1.54, 1.807) is 0 Å². The van der Waals surface area contributed by atoms with E-state index in [4.69, 9.17) is 0 Å². The molecule has 0 radical (unpaired) electrons. The molecule has 1 unspecified atom stereocenters. The number of aryl methyl sites for hydroxylation is 2. The maximum absolute atomic E-state index is 2.66. The molecule has 1 heteroatoms. The highest BCUT2D eigenvalue weighted by atomic mass is 127. The quantitative estimate of drug-likeness (QED) is 0.283. The Kier molecular flexibility index (Phi) is 9.00. The molecule has 0 amide bonds. The van der Waals surface area contributed by atoms with E-state index >= 15 is 0 Å². The average Bonchev–Trinajstić information content (AvgIpc) is 2.56. The molecule has 1 aliphatic carbocycles. The highest BCUT2D eigenvalue weighted by molar-refractivity contribution is 14.1. The highest BCUT2D eigenvalue weighted by Crippen LogP contribution is 2.34. The molecule has 1 fully saturated rings.